The number of hydrogen-bond acceptors (Lipinski definition) is 7. The molecule has 2 aliphatic rings. The fourth-order valence-electron chi connectivity index (χ4n) is 4.85. The first-order chi connectivity index (χ1) is 15.2. The fourth-order valence-corrected chi connectivity index (χ4v) is 5.24. The molecule has 10 heteroatoms. The van der Waals surface area contributed by atoms with Crippen molar-refractivity contribution < 1.29 is 9.59 Å². The van der Waals surface area contributed by atoms with Crippen LogP contribution in [0.2, 0.25) is 10.0 Å². The minimum absolute atomic E-state index is 0.125. The number of aromatic nitrogens is 2. The van der Waals surface area contributed by atoms with Crippen LogP contribution in [0.5, 0.6) is 0 Å². The molecule has 1 saturated carbocycles. The number of anilines is 2. The molecule has 1 spiro atoms. The Morgan fingerprint density at radius 2 is 1.94 bits per heavy atom. The van der Waals surface area contributed by atoms with Gasteiger partial charge in [-0.25, -0.2) is 9.97 Å². The Morgan fingerprint density at radius 1 is 1.25 bits per heavy atom. The summed E-state index contributed by atoms with van der Waals surface area (Å²) >= 11 is 12.5. The lowest BCUT2D eigenvalue weighted by Crippen LogP contribution is -2.49. The highest BCUT2D eigenvalue weighted by Crippen LogP contribution is 2.47. The maximum atomic E-state index is 12.7. The number of rotatable bonds is 3. The molecule has 2 aromatic rings. The van der Waals surface area contributed by atoms with Crippen LogP contribution in [0.1, 0.15) is 36.7 Å². The van der Waals surface area contributed by atoms with Crippen LogP contribution >= 0.6 is 23.2 Å². The second-order valence-corrected chi connectivity index (χ2v) is 9.40. The van der Waals surface area contributed by atoms with Gasteiger partial charge in [0, 0.05) is 44.1 Å². The number of benzene rings is 1. The minimum Gasteiger partial charge on any atom is -0.382 e. The second-order valence-electron chi connectivity index (χ2n) is 8.62. The number of carbonyl (C=O) groups excluding carboxylic acids is 2. The molecular weight excluding hydrogens is 451 g/mol. The normalized spacial score (nSPS) is 22.4. The van der Waals surface area contributed by atoms with Crippen molar-refractivity contribution in [2.45, 2.75) is 32.2 Å². The molecule has 2 heterocycles. The number of nitrogen functional groups attached to an aromatic ring is 1. The van der Waals surface area contributed by atoms with Crippen LogP contribution in [-0.2, 0) is 4.79 Å². The number of ketones is 1. The first kappa shape index (κ1) is 22.8. The lowest BCUT2D eigenvalue weighted by atomic mass is 9.73. The lowest BCUT2D eigenvalue weighted by Gasteiger charge is -2.42. The van der Waals surface area contributed by atoms with E-state index in [0.29, 0.717) is 46.6 Å². The summed E-state index contributed by atoms with van der Waals surface area (Å²) in [7, 11) is 1.53. The molecule has 2 fully saturated rings. The zero-order chi connectivity index (χ0) is 23.2. The van der Waals surface area contributed by atoms with Gasteiger partial charge >= 0.3 is 0 Å². The van der Waals surface area contributed by atoms with E-state index in [9.17, 15) is 9.59 Å². The molecule has 1 saturated heterocycles. The smallest absolute Gasteiger partial charge is 0.273 e. The first-order valence-corrected chi connectivity index (χ1v) is 11.3. The Hall–Kier alpha value is -2.42. The van der Waals surface area contributed by atoms with Gasteiger partial charge < -0.3 is 21.7 Å². The van der Waals surface area contributed by atoms with E-state index in [2.05, 4.69) is 15.3 Å². The quantitative estimate of drug-likeness (QED) is 0.620. The van der Waals surface area contributed by atoms with E-state index in [-0.39, 0.29) is 40.6 Å². The van der Waals surface area contributed by atoms with Gasteiger partial charge in [-0.05, 0) is 24.3 Å². The van der Waals surface area contributed by atoms with E-state index in [0.717, 1.165) is 12.8 Å². The van der Waals surface area contributed by atoms with Crippen LogP contribution in [0.3, 0.4) is 0 Å². The number of Topliss-reactive ketones (excluding diaryl/α,β-unsaturated/α-hetero) is 1. The van der Waals surface area contributed by atoms with Crippen molar-refractivity contribution in [3.8, 4) is 11.3 Å². The van der Waals surface area contributed by atoms with Gasteiger partial charge in [0.1, 0.15) is 11.5 Å². The van der Waals surface area contributed by atoms with Gasteiger partial charge in [-0.2, -0.15) is 0 Å². The number of piperidine rings is 1. The van der Waals surface area contributed by atoms with Gasteiger partial charge in [-0.1, -0.05) is 42.3 Å². The monoisotopic (exact) mass is 476 g/mol. The summed E-state index contributed by atoms with van der Waals surface area (Å²) in [4.78, 5) is 36.1. The van der Waals surface area contributed by atoms with Gasteiger partial charge in [0.05, 0.1) is 10.0 Å². The Labute approximate surface area is 196 Å². The van der Waals surface area contributed by atoms with E-state index in [4.69, 9.17) is 34.7 Å². The molecule has 0 unspecified atom stereocenters. The van der Waals surface area contributed by atoms with Gasteiger partial charge in [0.25, 0.3) is 5.91 Å². The standard InChI is InChI=1S/C22H26Cl2N6O2/c1-11-14(31)10-22(18(11)25)6-8-30(9-7-22)20-17(21(32)27-2)28-16(19(26)29-20)12-4-3-5-13(23)15(12)24/h3-5,11,18H,6-10,25H2,1-2H3,(H2,26,29)(H,27,32)/t11-,18+/m1/s1. The molecule has 1 amide bonds. The zero-order valence-electron chi connectivity index (χ0n) is 18.0. The third-order valence-electron chi connectivity index (χ3n) is 6.89. The van der Waals surface area contributed by atoms with E-state index < -0.39 is 0 Å². The van der Waals surface area contributed by atoms with Gasteiger partial charge in [-0.15, -0.1) is 0 Å². The first-order valence-electron chi connectivity index (χ1n) is 10.6. The number of nitrogens with one attached hydrogen (secondary N) is 1. The van der Waals surface area contributed by atoms with E-state index in [1.54, 1.807) is 18.2 Å². The highest BCUT2D eigenvalue weighted by Gasteiger charge is 2.50. The maximum Gasteiger partial charge on any atom is 0.273 e. The SMILES string of the molecule is CNC(=O)c1nc(-c2cccc(Cl)c2Cl)c(N)nc1N1CCC2(CC1)CC(=O)[C@@H](C)[C@@H]2N. The van der Waals surface area contributed by atoms with Gasteiger partial charge in [-0.3, -0.25) is 9.59 Å². The molecule has 1 aromatic carbocycles. The molecule has 32 heavy (non-hydrogen) atoms. The Kier molecular flexibility index (Phi) is 6.04. The largest absolute Gasteiger partial charge is 0.382 e. The lowest BCUT2D eigenvalue weighted by molar-refractivity contribution is -0.120. The average molecular weight is 477 g/mol. The van der Waals surface area contributed by atoms with E-state index in [1.165, 1.54) is 7.05 Å². The molecule has 2 atom stereocenters. The zero-order valence-corrected chi connectivity index (χ0v) is 19.5. The molecule has 1 aliphatic heterocycles. The van der Waals surface area contributed by atoms with Crippen LogP contribution in [0, 0.1) is 11.3 Å². The van der Waals surface area contributed by atoms with E-state index >= 15 is 0 Å². The van der Waals surface area contributed by atoms with Crippen LogP contribution in [0.25, 0.3) is 11.3 Å². The van der Waals surface area contributed by atoms with Crippen molar-refractivity contribution in [3.63, 3.8) is 0 Å². The Balaban J connectivity index is 1.69. The third-order valence-corrected chi connectivity index (χ3v) is 7.71. The molecule has 8 nitrogen and oxygen atoms in total. The third kappa shape index (κ3) is 3.70. The van der Waals surface area contributed by atoms with E-state index in [1.807, 2.05) is 11.8 Å². The summed E-state index contributed by atoms with van der Waals surface area (Å²) < 4.78 is 0. The topological polar surface area (TPSA) is 127 Å². The van der Waals surface area contributed by atoms with Crippen LogP contribution in [0.4, 0.5) is 11.6 Å². The highest BCUT2D eigenvalue weighted by atomic mass is 35.5. The second kappa shape index (κ2) is 8.50. The van der Waals surface area contributed by atoms with Crippen molar-refractivity contribution in [2.75, 3.05) is 30.8 Å². The van der Waals surface area contributed by atoms with Crippen LogP contribution < -0.4 is 21.7 Å². The van der Waals surface area contributed by atoms with Crippen molar-refractivity contribution in [1.29, 1.82) is 0 Å². The number of amides is 1. The summed E-state index contributed by atoms with van der Waals surface area (Å²) in [5.41, 5.74) is 13.4. The van der Waals surface area contributed by atoms with Gasteiger partial charge in [0.2, 0.25) is 0 Å². The number of hydrogen-bond donors (Lipinski definition) is 3. The highest BCUT2D eigenvalue weighted by molar-refractivity contribution is 6.43. The summed E-state index contributed by atoms with van der Waals surface area (Å²) in [5.74, 6) is 0.278. The summed E-state index contributed by atoms with van der Waals surface area (Å²) in [6.07, 6.45) is 1.98. The number of nitrogens with zero attached hydrogens (tertiary/aromatic N) is 3. The molecular formula is C22H26Cl2N6O2. The molecule has 0 bridgehead atoms. The summed E-state index contributed by atoms with van der Waals surface area (Å²) in [6.45, 7) is 3.11. The average Bonchev–Trinajstić information content (AvgIpc) is 2.99. The van der Waals surface area contributed by atoms with Crippen LogP contribution in [-0.4, -0.2) is 47.8 Å². The Morgan fingerprint density at radius 3 is 2.53 bits per heavy atom. The van der Waals surface area contributed by atoms with Crippen LogP contribution in [0.15, 0.2) is 18.2 Å². The number of nitrogens with two attached hydrogens (primary N) is 2. The maximum absolute atomic E-state index is 12.7. The predicted molar refractivity (Wildman–Crippen MR) is 126 cm³/mol. The predicted octanol–water partition coefficient (Wildman–Crippen LogP) is 2.92. The summed E-state index contributed by atoms with van der Waals surface area (Å²) in [6, 6.07) is 4.97. The van der Waals surface area contributed by atoms with Crippen molar-refractivity contribution in [1.82, 2.24) is 15.3 Å². The molecule has 4 rings (SSSR count). The Bertz CT molecular complexity index is 1080. The molecule has 5 N–H and O–H groups in total. The molecule has 1 aliphatic carbocycles. The number of carbonyl (C=O) groups is 2. The van der Waals surface area contributed by atoms with Crippen molar-refractivity contribution in [3.05, 3.63) is 33.9 Å². The molecule has 0 radical (unpaired) electrons. The molecule has 1 aromatic heterocycles. The number of halogens is 2. The minimum atomic E-state index is -0.381. The van der Waals surface area contributed by atoms with Crippen molar-refractivity contribution in [2.24, 2.45) is 17.1 Å². The summed E-state index contributed by atoms with van der Waals surface area (Å²) in [5, 5.41) is 3.27. The van der Waals surface area contributed by atoms with Gasteiger partial charge in [0.15, 0.2) is 17.3 Å². The fraction of sp³-hybridized carbons (Fsp3) is 0.455. The van der Waals surface area contributed by atoms with Crippen molar-refractivity contribution >= 4 is 46.5 Å². The molecule has 170 valence electrons.